The fourth-order valence-corrected chi connectivity index (χ4v) is 1.91. The third-order valence-electron chi connectivity index (χ3n) is 2.61. The van der Waals surface area contributed by atoms with Crippen LogP contribution in [0.2, 0.25) is 0 Å². The zero-order chi connectivity index (χ0) is 14.4. The molecule has 3 atom stereocenters. The van der Waals surface area contributed by atoms with Crippen molar-refractivity contribution >= 4 is 18.5 Å². The highest BCUT2D eigenvalue weighted by Gasteiger charge is 2.41. The van der Waals surface area contributed by atoms with Crippen LogP contribution < -0.4 is 0 Å². The Kier molecular flexibility index (Phi) is 5.22. The number of carbonyl (C=O) groups excluding carboxylic acids is 1. The second kappa shape index (κ2) is 6.66. The largest absolute Gasteiger partial charge is 0.508 e. The fraction of sp³-hybridized carbons (Fsp3) is 0.700. The summed E-state index contributed by atoms with van der Waals surface area (Å²) in [7, 11) is 1.10. The van der Waals surface area contributed by atoms with Crippen molar-refractivity contribution in [3.8, 4) is 0 Å². The van der Waals surface area contributed by atoms with E-state index in [1.165, 1.54) is 0 Å². The highest BCUT2D eigenvalue weighted by Crippen LogP contribution is 2.27. The monoisotopic (exact) mass is 278 g/mol. The first-order valence-corrected chi connectivity index (χ1v) is 5.47. The van der Waals surface area contributed by atoms with Crippen LogP contribution in [0.25, 0.3) is 0 Å². The molecule has 2 N–H and O–H groups in total. The van der Waals surface area contributed by atoms with E-state index in [1.807, 2.05) is 0 Å². The summed E-state index contributed by atoms with van der Waals surface area (Å²) in [6, 6.07) is 0. The molecule has 108 valence electrons. The first-order chi connectivity index (χ1) is 8.93. The van der Waals surface area contributed by atoms with E-state index < -0.39 is 36.8 Å². The highest BCUT2D eigenvalue weighted by atomic mass is 16.7. The first-order valence-electron chi connectivity index (χ1n) is 5.47. The molecular formula is C10H14O9. The summed E-state index contributed by atoms with van der Waals surface area (Å²) >= 11 is 0. The van der Waals surface area contributed by atoms with Crippen LogP contribution in [0.4, 0.5) is 14.4 Å². The third kappa shape index (κ3) is 4.53. The molecule has 0 bridgehead atoms. The van der Waals surface area contributed by atoms with Crippen LogP contribution in [0.3, 0.4) is 0 Å². The van der Waals surface area contributed by atoms with E-state index in [1.54, 1.807) is 0 Å². The molecule has 1 aliphatic carbocycles. The van der Waals surface area contributed by atoms with Gasteiger partial charge in [0.05, 0.1) is 7.11 Å². The van der Waals surface area contributed by atoms with Crippen LogP contribution in [0.15, 0.2) is 0 Å². The Balaban J connectivity index is 2.77. The molecule has 0 radical (unpaired) electrons. The van der Waals surface area contributed by atoms with Crippen molar-refractivity contribution in [2.45, 2.75) is 37.6 Å². The maximum absolute atomic E-state index is 11.0. The van der Waals surface area contributed by atoms with Crippen molar-refractivity contribution in [3.63, 3.8) is 0 Å². The van der Waals surface area contributed by atoms with Crippen molar-refractivity contribution in [2.75, 3.05) is 7.11 Å². The normalized spacial score (nSPS) is 26.1. The number of hydrogen-bond donors (Lipinski definition) is 2. The summed E-state index contributed by atoms with van der Waals surface area (Å²) in [5.74, 6) is 0. The molecule has 0 saturated heterocycles. The lowest BCUT2D eigenvalue weighted by Crippen LogP contribution is -2.48. The molecule has 9 heteroatoms. The summed E-state index contributed by atoms with van der Waals surface area (Å²) in [6.45, 7) is 0. The second-order valence-corrected chi connectivity index (χ2v) is 3.81. The van der Waals surface area contributed by atoms with E-state index in [2.05, 4.69) is 14.2 Å². The molecule has 1 aliphatic rings. The second-order valence-electron chi connectivity index (χ2n) is 3.81. The standard InChI is InChI=1S/C10H14O9/c1-16-10(15)18-6-4-2-3-5(17-8(11)12)7(6)19-9(13)14/h5-7H,2-4H2,1H3,(H,11,12)(H,13,14). The molecule has 9 nitrogen and oxygen atoms in total. The summed E-state index contributed by atoms with van der Waals surface area (Å²) in [5.41, 5.74) is 0. The van der Waals surface area contributed by atoms with Crippen LogP contribution in [-0.4, -0.2) is 54.1 Å². The smallest absolute Gasteiger partial charge is 0.450 e. The lowest BCUT2D eigenvalue weighted by molar-refractivity contribution is -0.118. The Morgan fingerprint density at radius 2 is 1.47 bits per heavy atom. The van der Waals surface area contributed by atoms with Crippen LogP contribution in [0.5, 0.6) is 0 Å². The Hall–Kier alpha value is -2.19. The van der Waals surface area contributed by atoms with Gasteiger partial charge in [-0.05, 0) is 19.3 Å². The summed E-state index contributed by atoms with van der Waals surface area (Å²) < 4.78 is 18.2. The van der Waals surface area contributed by atoms with Crippen molar-refractivity contribution in [2.24, 2.45) is 0 Å². The lowest BCUT2D eigenvalue weighted by atomic mass is 9.91. The van der Waals surface area contributed by atoms with Gasteiger partial charge in [0.15, 0.2) is 6.10 Å². The van der Waals surface area contributed by atoms with Crippen LogP contribution in [-0.2, 0) is 18.9 Å². The van der Waals surface area contributed by atoms with E-state index >= 15 is 0 Å². The van der Waals surface area contributed by atoms with Gasteiger partial charge in [0.2, 0.25) is 0 Å². The number of methoxy groups -OCH3 is 1. The molecular weight excluding hydrogens is 264 g/mol. The molecule has 0 spiro atoms. The zero-order valence-electron chi connectivity index (χ0n) is 10.1. The van der Waals surface area contributed by atoms with Gasteiger partial charge in [-0.25, -0.2) is 14.4 Å². The molecule has 1 saturated carbocycles. The number of carboxylic acid groups (broad SMARTS) is 2. The van der Waals surface area contributed by atoms with Crippen molar-refractivity contribution in [1.82, 2.24) is 0 Å². The van der Waals surface area contributed by atoms with Gasteiger partial charge in [-0.3, -0.25) is 0 Å². The Labute approximate surface area is 108 Å². The van der Waals surface area contributed by atoms with E-state index in [0.717, 1.165) is 7.11 Å². The van der Waals surface area contributed by atoms with E-state index in [0.29, 0.717) is 12.8 Å². The molecule has 19 heavy (non-hydrogen) atoms. The van der Waals surface area contributed by atoms with Crippen molar-refractivity contribution in [3.05, 3.63) is 0 Å². The summed E-state index contributed by atoms with van der Waals surface area (Å²) in [6.07, 6.45) is -6.22. The maximum Gasteiger partial charge on any atom is 0.508 e. The predicted octanol–water partition coefficient (Wildman–Crippen LogP) is 1.45. The van der Waals surface area contributed by atoms with Crippen LogP contribution in [0, 0.1) is 0 Å². The van der Waals surface area contributed by atoms with Gasteiger partial charge in [-0.1, -0.05) is 0 Å². The minimum absolute atomic E-state index is 0.283. The van der Waals surface area contributed by atoms with Gasteiger partial charge in [0, 0.05) is 0 Å². The molecule has 0 aromatic rings. The predicted molar refractivity (Wildman–Crippen MR) is 56.9 cm³/mol. The number of rotatable bonds is 3. The van der Waals surface area contributed by atoms with Crippen molar-refractivity contribution < 1.29 is 43.5 Å². The minimum Gasteiger partial charge on any atom is -0.450 e. The molecule has 0 aromatic carbocycles. The topological polar surface area (TPSA) is 129 Å². The van der Waals surface area contributed by atoms with Crippen LogP contribution in [0.1, 0.15) is 19.3 Å². The number of hydrogen-bond acceptors (Lipinski definition) is 7. The molecule has 1 rings (SSSR count). The fourth-order valence-electron chi connectivity index (χ4n) is 1.91. The minimum atomic E-state index is -1.61. The summed E-state index contributed by atoms with van der Waals surface area (Å²) in [4.78, 5) is 32.2. The molecule has 0 amide bonds. The summed E-state index contributed by atoms with van der Waals surface area (Å²) in [5, 5.41) is 17.2. The molecule has 3 unspecified atom stereocenters. The van der Waals surface area contributed by atoms with Gasteiger partial charge in [0.1, 0.15) is 12.2 Å². The zero-order valence-corrected chi connectivity index (χ0v) is 10.1. The first kappa shape index (κ1) is 14.9. The number of carbonyl (C=O) groups is 3. The Morgan fingerprint density at radius 3 is 1.95 bits per heavy atom. The number of ether oxygens (including phenoxy) is 4. The van der Waals surface area contributed by atoms with Gasteiger partial charge in [-0.2, -0.15) is 0 Å². The van der Waals surface area contributed by atoms with Crippen molar-refractivity contribution in [1.29, 1.82) is 0 Å². The van der Waals surface area contributed by atoms with Crippen LogP contribution >= 0.6 is 0 Å². The molecule has 1 fully saturated rings. The van der Waals surface area contributed by atoms with E-state index in [4.69, 9.17) is 14.9 Å². The lowest BCUT2D eigenvalue weighted by Gasteiger charge is -2.34. The van der Waals surface area contributed by atoms with Gasteiger partial charge < -0.3 is 29.2 Å². The van der Waals surface area contributed by atoms with Gasteiger partial charge >= 0.3 is 18.5 Å². The average Bonchev–Trinajstić information content (AvgIpc) is 2.31. The molecule has 0 heterocycles. The van der Waals surface area contributed by atoms with E-state index in [-0.39, 0.29) is 6.42 Å². The maximum atomic E-state index is 11.0. The van der Waals surface area contributed by atoms with Gasteiger partial charge in [-0.15, -0.1) is 0 Å². The third-order valence-corrected chi connectivity index (χ3v) is 2.61. The van der Waals surface area contributed by atoms with Gasteiger partial charge in [0.25, 0.3) is 0 Å². The molecule has 0 aliphatic heterocycles. The molecule has 0 aromatic heterocycles. The average molecular weight is 278 g/mol. The Bertz CT molecular complexity index is 353. The van der Waals surface area contributed by atoms with E-state index in [9.17, 15) is 14.4 Å². The Morgan fingerprint density at radius 1 is 0.947 bits per heavy atom. The highest BCUT2D eigenvalue weighted by molar-refractivity contribution is 5.61. The SMILES string of the molecule is COC(=O)OC1CCCC(OC(=O)O)C1OC(=O)O. The quantitative estimate of drug-likeness (QED) is 0.581.